The predicted molar refractivity (Wildman–Crippen MR) is 75.8 cm³/mol. The maximum atomic E-state index is 12.5. The summed E-state index contributed by atoms with van der Waals surface area (Å²) < 4.78 is 5.69. The molecule has 2 N–H and O–H groups in total. The van der Waals surface area contributed by atoms with Crippen LogP contribution in [0.5, 0.6) is 0 Å². The summed E-state index contributed by atoms with van der Waals surface area (Å²) in [5.41, 5.74) is 5.60. The molecule has 1 aliphatic carbocycles. The van der Waals surface area contributed by atoms with Crippen molar-refractivity contribution in [1.82, 2.24) is 4.90 Å². The minimum atomic E-state index is 0.156. The third-order valence-corrected chi connectivity index (χ3v) is 4.37. The zero-order valence-electron chi connectivity index (χ0n) is 12.0. The van der Waals surface area contributed by atoms with E-state index in [1.165, 1.54) is 32.1 Å². The number of carbonyl (C=O) groups excluding carboxylic acids is 1. The molecule has 0 radical (unpaired) electrons. The molecule has 0 aromatic heterocycles. The number of nitrogens with two attached hydrogens (primary N) is 1. The molecule has 0 aromatic carbocycles. The fourth-order valence-electron chi connectivity index (χ4n) is 3.27. The third-order valence-electron chi connectivity index (χ3n) is 4.37. The number of nitrogens with zero attached hydrogens (tertiary/aromatic N) is 1. The predicted octanol–water partition coefficient (Wildman–Crippen LogP) is 2.07. The van der Waals surface area contributed by atoms with E-state index >= 15 is 0 Å². The van der Waals surface area contributed by atoms with Crippen LogP contribution < -0.4 is 5.73 Å². The molecule has 1 heterocycles. The van der Waals surface area contributed by atoms with E-state index in [9.17, 15) is 4.79 Å². The molecule has 2 rings (SSSR count). The van der Waals surface area contributed by atoms with E-state index in [0.717, 1.165) is 32.4 Å². The van der Waals surface area contributed by atoms with Crippen LogP contribution in [0.1, 0.15) is 57.8 Å². The monoisotopic (exact) mass is 268 g/mol. The first kappa shape index (κ1) is 14.8. The van der Waals surface area contributed by atoms with Crippen LogP contribution in [-0.4, -0.2) is 42.6 Å². The van der Waals surface area contributed by atoms with Crippen molar-refractivity contribution < 1.29 is 9.53 Å². The van der Waals surface area contributed by atoms with Crippen LogP contribution in [0, 0.1) is 0 Å². The topological polar surface area (TPSA) is 55.6 Å². The first-order chi connectivity index (χ1) is 9.31. The lowest BCUT2D eigenvalue weighted by Crippen LogP contribution is -2.42. The molecule has 0 bridgehead atoms. The molecule has 1 atom stereocenters. The number of ether oxygens (including phenoxy) is 1. The van der Waals surface area contributed by atoms with E-state index in [1.54, 1.807) is 0 Å². The molecule has 2 fully saturated rings. The molecule has 1 amide bonds. The molecule has 0 aromatic rings. The number of hydrogen-bond donors (Lipinski definition) is 1. The summed E-state index contributed by atoms with van der Waals surface area (Å²) in [4.78, 5) is 14.6. The molecule has 0 spiro atoms. The van der Waals surface area contributed by atoms with Gasteiger partial charge in [0.05, 0.1) is 12.5 Å². The summed E-state index contributed by atoms with van der Waals surface area (Å²) in [6.07, 6.45) is 9.88. The lowest BCUT2D eigenvalue weighted by molar-refractivity contribution is -0.137. The summed E-state index contributed by atoms with van der Waals surface area (Å²) in [5, 5.41) is 0. The quantitative estimate of drug-likeness (QED) is 0.802. The van der Waals surface area contributed by atoms with Crippen molar-refractivity contribution in [2.24, 2.45) is 5.73 Å². The Morgan fingerprint density at radius 3 is 2.53 bits per heavy atom. The normalized spacial score (nSPS) is 24.6. The van der Waals surface area contributed by atoms with E-state index in [2.05, 4.69) is 4.90 Å². The van der Waals surface area contributed by atoms with E-state index in [1.807, 2.05) is 0 Å². The summed E-state index contributed by atoms with van der Waals surface area (Å²) in [6, 6.07) is 0.461. The summed E-state index contributed by atoms with van der Waals surface area (Å²) in [6.45, 7) is 2.31. The van der Waals surface area contributed by atoms with Gasteiger partial charge in [-0.3, -0.25) is 4.79 Å². The Hall–Kier alpha value is -0.610. The Bertz CT molecular complexity index is 271. The molecule has 1 unspecified atom stereocenters. The van der Waals surface area contributed by atoms with Gasteiger partial charge in [0.15, 0.2) is 0 Å². The molecule has 1 saturated heterocycles. The van der Waals surface area contributed by atoms with Gasteiger partial charge in [0.1, 0.15) is 0 Å². The summed E-state index contributed by atoms with van der Waals surface area (Å²) in [7, 11) is 0. The number of rotatable bonds is 6. The molecular weight excluding hydrogens is 240 g/mol. The molecule has 2 aliphatic rings. The second-order valence-electron chi connectivity index (χ2n) is 5.86. The molecule has 19 heavy (non-hydrogen) atoms. The van der Waals surface area contributed by atoms with Gasteiger partial charge in [0.2, 0.25) is 5.91 Å². The fourth-order valence-corrected chi connectivity index (χ4v) is 3.27. The third kappa shape index (κ3) is 4.46. The highest BCUT2D eigenvalue weighted by Gasteiger charge is 2.28. The second kappa shape index (κ2) is 7.85. The van der Waals surface area contributed by atoms with Crippen molar-refractivity contribution in [1.29, 1.82) is 0 Å². The minimum absolute atomic E-state index is 0.156. The van der Waals surface area contributed by atoms with Crippen LogP contribution in [0.15, 0.2) is 0 Å². The van der Waals surface area contributed by atoms with Gasteiger partial charge in [-0.15, -0.1) is 0 Å². The second-order valence-corrected chi connectivity index (χ2v) is 5.86. The fraction of sp³-hybridized carbons (Fsp3) is 0.933. The Labute approximate surface area is 116 Å². The van der Waals surface area contributed by atoms with Crippen molar-refractivity contribution in [3.8, 4) is 0 Å². The Kier molecular flexibility index (Phi) is 6.11. The van der Waals surface area contributed by atoms with Crippen LogP contribution >= 0.6 is 0 Å². The van der Waals surface area contributed by atoms with E-state index in [4.69, 9.17) is 10.5 Å². The first-order valence-electron chi connectivity index (χ1n) is 7.92. The Morgan fingerprint density at radius 2 is 1.89 bits per heavy atom. The van der Waals surface area contributed by atoms with Gasteiger partial charge in [0, 0.05) is 19.2 Å². The van der Waals surface area contributed by atoms with Gasteiger partial charge < -0.3 is 15.4 Å². The Balaban J connectivity index is 1.86. The molecule has 4 nitrogen and oxygen atoms in total. The number of carbonyl (C=O) groups is 1. The number of amides is 1. The van der Waals surface area contributed by atoms with Crippen LogP contribution in [0.3, 0.4) is 0 Å². The summed E-state index contributed by atoms with van der Waals surface area (Å²) in [5.74, 6) is 0.284. The molecular formula is C15H28N2O2. The van der Waals surface area contributed by atoms with Crippen molar-refractivity contribution in [2.75, 3.05) is 19.7 Å². The molecule has 1 aliphatic heterocycles. The van der Waals surface area contributed by atoms with E-state index in [-0.39, 0.29) is 12.0 Å². The van der Waals surface area contributed by atoms with E-state index in [0.29, 0.717) is 19.0 Å². The maximum absolute atomic E-state index is 12.5. The van der Waals surface area contributed by atoms with Crippen molar-refractivity contribution in [2.45, 2.75) is 69.9 Å². The maximum Gasteiger partial charge on any atom is 0.225 e. The van der Waals surface area contributed by atoms with Crippen LogP contribution in [0.2, 0.25) is 0 Å². The Morgan fingerprint density at radius 1 is 1.16 bits per heavy atom. The van der Waals surface area contributed by atoms with E-state index < -0.39 is 0 Å². The van der Waals surface area contributed by atoms with Gasteiger partial charge in [-0.05, 0) is 45.1 Å². The molecule has 4 heteroatoms. The van der Waals surface area contributed by atoms with Crippen molar-refractivity contribution >= 4 is 5.91 Å². The van der Waals surface area contributed by atoms with Gasteiger partial charge in [0.25, 0.3) is 0 Å². The molecule has 110 valence electrons. The zero-order chi connectivity index (χ0) is 13.5. The average molecular weight is 268 g/mol. The minimum Gasteiger partial charge on any atom is -0.378 e. The van der Waals surface area contributed by atoms with Crippen LogP contribution in [0.4, 0.5) is 0 Å². The summed E-state index contributed by atoms with van der Waals surface area (Å²) >= 11 is 0. The van der Waals surface area contributed by atoms with Crippen LogP contribution in [-0.2, 0) is 9.53 Å². The van der Waals surface area contributed by atoms with Crippen molar-refractivity contribution in [3.63, 3.8) is 0 Å². The SMILES string of the molecule is NCCCN(C(=O)CC1CCCCO1)C1CCCC1. The van der Waals surface area contributed by atoms with Gasteiger partial charge in [-0.1, -0.05) is 12.8 Å². The lowest BCUT2D eigenvalue weighted by Gasteiger charge is -2.31. The van der Waals surface area contributed by atoms with Gasteiger partial charge >= 0.3 is 0 Å². The van der Waals surface area contributed by atoms with Crippen molar-refractivity contribution in [3.05, 3.63) is 0 Å². The first-order valence-corrected chi connectivity index (χ1v) is 7.92. The molecule has 1 saturated carbocycles. The van der Waals surface area contributed by atoms with Crippen LogP contribution in [0.25, 0.3) is 0 Å². The highest BCUT2D eigenvalue weighted by molar-refractivity contribution is 5.77. The largest absolute Gasteiger partial charge is 0.378 e. The zero-order valence-corrected chi connectivity index (χ0v) is 12.0. The number of hydrogen-bond acceptors (Lipinski definition) is 3. The highest BCUT2D eigenvalue weighted by atomic mass is 16.5. The van der Waals surface area contributed by atoms with Gasteiger partial charge in [-0.25, -0.2) is 0 Å². The van der Waals surface area contributed by atoms with Gasteiger partial charge in [-0.2, -0.15) is 0 Å². The highest BCUT2D eigenvalue weighted by Crippen LogP contribution is 2.25. The smallest absolute Gasteiger partial charge is 0.225 e. The standard InChI is InChI=1S/C15H28N2O2/c16-9-5-10-17(13-6-1-2-7-13)15(18)12-14-8-3-4-11-19-14/h13-14H,1-12,16H2. The average Bonchev–Trinajstić information content (AvgIpc) is 2.94. The lowest BCUT2D eigenvalue weighted by atomic mass is 10.0.